The van der Waals surface area contributed by atoms with Crippen molar-refractivity contribution >= 4 is 0 Å². The third-order valence-corrected chi connectivity index (χ3v) is 3.35. The fourth-order valence-electron chi connectivity index (χ4n) is 2.00. The average molecular weight is 274 g/mol. The predicted molar refractivity (Wildman–Crippen MR) is 76.9 cm³/mol. The molecular formula is C15H30O4. The van der Waals surface area contributed by atoms with Crippen molar-refractivity contribution in [3.63, 3.8) is 0 Å². The van der Waals surface area contributed by atoms with Crippen LogP contribution in [0.5, 0.6) is 0 Å². The van der Waals surface area contributed by atoms with E-state index in [-0.39, 0.29) is 13.2 Å². The highest BCUT2D eigenvalue weighted by molar-refractivity contribution is 5.01. The number of hydrogen-bond acceptors (Lipinski definition) is 4. The fourth-order valence-corrected chi connectivity index (χ4v) is 2.00. The van der Waals surface area contributed by atoms with Crippen LogP contribution in [-0.2, 0) is 0 Å². The molecule has 0 bridgehead atoms. The summed E-state index contributed by atoms with van der Waals surface area (Å²) >= 11 is 0. The lowest BCUT2D eigenvalue weighted by atomic mass is 9.98. The molecule has 4 N–H and O–H groups in total. The van der Waals surface area contributed by atoms with Crippen LogP contribution in [0, 0.1) is 0 Å². The highest BCUT2D eigenvalue weighted by Crippen LogP contribution is 2.16. The number of aliphatic hydroxyl groups excluding tert-OH is 4. The van der Waals surface area contributed by atoms with Crippen LogP contribution >= 0.6 is 0 Å². The minimum absolute atomic E-state index is 0.183. The minimum atomic E-state index is -0.621. The van der Waals surface area contributed by atoms with Gasteiger partial charge in [0.05, 0.1) is 18.8 Å². The van der Waals surface area contributed by atoms with E-state index >= 15 is 0 Å². The quantitative estimate of drug-likeness (QED) is 0.305. The zero-order chi connectivity index (χ0) is 14.5. The van der Waals surface area contributed by atoms with Gasteiger partial charge in [-0.05, 0) is 37.7 Å². The van der Waals surface area contributed by atoms with Gasteiger partial charge in [-0.15, -0.1) is 0 Å². The number of unbranched alkanes of at least 4 members (excludes halogenated alkanes) is 4. The molecule has 0 aromatic rings. The van der Waals surface area contributed by atoms with Gasteiger partial charge in [0.1, 0.15) is 0 Å². The normalized spacial score (nSPS) is 14.3. The summed E-state index contributed by atoms with van der Waals surface area (Å²) in [6, 6.07) is 0. The Kier molecular flexibility index (Phi) is 12.3. The fraction of sp³-hybridized carbons (Fsp3) is 0.867. The molecule has 0 spiro atoms. The summed E-state index contributed by atoms with van der Waals surface area (Å²) in [5.41, 5.74) is 0.862. The van der Waals surface area contributed by atoms with Gasteiger partial charge in [0.15, 0.2) is 0 Å². The molecule has 0 aromatic heterocycles. The number of rotatable bonds is 13. The molecule has 0 amide bonds. The van der Waals surface area contributed by atoms with E-state index < -0.39 is 12.2 Å². The van der Waals surface area contributed by atoms with E-state index in [9.17, 15) is 10.2 Å². The molecule has 4 heteroatoms. The molecule has 0 aliphatic heterocycles. The Hall–Kier alpha value is -0.420. The van der Waals surface area contributed by atoms with Crippen LogP contribution in [-0.4, -0.2) is 45.8 Å². The van der Waals surface area contributed by atoms with Crippen molar-refractivity contribution in [2.75, 3.05) is 13.2 Å². The lowest BCUT2D eigenvalue weighted by molar-refractivity contribution is 0.0860. The Bertz CT molecular complexity index is 218. The molecule has 0 radical (unpaired) electrons. The van der Waals surface area contributed by atoms with E-state index in [1.807, 2.05) is 0 Å². The van der Waals surface area contributed by atoms with Crippen LogP contribution in [0.25, 0.3) is 0 Å². The maximum absolute atomic E-state index is 9.89. The highest BCUT2D eigenvalue weighted by Gasteiger charge is 2.09. The summed E-state index contributed by atoms with van der Waals surface area (Å²) in [7, 11) is 0. The monoisotopic (exact) mass is 274 g/mol. The predicted octanol–water partition coefficient (Wildman–Crippen LogP) is 1.76. The molecule has 0 aliphatic rings. The zero-order valence-electron chi connectivity index (χ0n) is 11.9. The van der Waals surface area contributed by atoms with Crippen molar-refractivity contribution in [2.45, 2.75) is 70.0 Å². The van der Waals surface area contributed by atoms with Crippen LogP contribution in [0.1, 0.15) is 57.8 Å². The second kappa shape index (κ2) is 12.6. The van der Waals surface area contributed by atoms with Gasteiger partial charge in [-0.1, -0.05) is 32.3 Å². The van der Waals surface area contributed by atoms with Crippen molar-refractivity contribution in [3.8, 4) is 0 Å². The van der Waals surface area contributed by atoms with Gasteiger partial charge in [-0.2, -0.15) is 0 Å². The van der Waals surface area contributed by atoms with Gasteiger partial charge in [0, 0.05) is 6.61 Å². The third kappa shape index (κ3) is 11.1. The Labute approximate surface area is 116 Å². The summed E-state index contributed by atoms with van der Waals surface area (Å²) in [5.74, 6) is 0. The maximum Gasteiger partial charge on any atom is 0.0770 e. The van der Waals surface area contributed by atoms with Gasteiger partial charge >= 0.3 is 0 Å². The van der Waals surface area contributed by atoms with E-state index in [1.54, 1.807) is 0 Å². The highest BCUT2D eigenvalue weighted by atomic mass is 16.3. The van der Waals surface area contributed by atoms with Gasteiger partial charge in [-0.3, -0.25) is 0 Å². The summed E-state index contributed by atoms with van der Waals surface area (Å²) in [6.07, 6.45) is 6.62. The first kappa shape index (κ1) is 18.6. The average Bonchev–Trinajstić information content (AvgIpc) is 2.42. The molecule has 0 aromatic carbocycles. The van der Waals surface area contributed by atoms with E-state index in [0.717, 1.165) is 56.9 Å². The van der Waals surface area contributed by atoms with E-state index in [0.29, 0.717) is 6.42 Å². The first-order chi connectivity index (χ1) is 9.11. The molecule has 114 valence electrons. The first-order valence-corrected chi connectivity index (χ1v) is 7.37. The second-order valence-corrected chi connectivity index (χ2v) is 5.18. The number of aliphatic hydroxyl groups is 4. The van der Waals surface area contributed by atoms with Crippen molar-refractivity contribution in [2.24, 2.45) is 0 Å². The van der Waals surface area contributed by atoms with Crippen LogP contribution in [0.15, 0.2) is 12.2 Å². The molecule has 0 heterocycles. The Morgan fingerprint density at radius 2 is 1.47 bits per heavy atom. The summed E-state index contributed by atoms with van der Waals surface area (Å²) in [4.78, 5) is 0. The molecule has 0 rings (SSSR count). The van der Waals surface area contributed by atoms with Crippen molar-refractivity contribution in [1.82, 2.24) is 0 Å². The Morgan fingerprint density at radius 3 is 2.11 bits per heavy atom. The lowest BCUT2D eigenvalue weighted by Crippen LogP contribution is -2.12. The van der Waals surface area contributed by atoms with Crippen LogP contribution in [0.4, 0.5) is 0 Å². The van der Waals surface area contributed by atoms with Crippen molar-refractivity contribution in [1.29, 1.82) is 0 Å². The van der Waals surface area contributed by atoms with E-state index in [2.05, 4.69) is 6.58 Å². The Morgan fingerprint density at radius 1 is 0.842 bits per heavy atom. The minimum Gasteiger partial charge on any atom is -0.396 e. The van der Waals surface area contributed by atoms with Gasteiger partial charge in [0.2, 0.25) is 0 Å². The van der Waals surface area contributed by atoms with Crippen LogP contribution in [0.2, 0.25) is 0 Å². The van der Waals surface area contributed by atoms with Gasteiger partial charge in [0.25, 0.3) is 0 Å². The van der Waals surface area contributed by atoms with Crippen LogP contribution < -0.4 is 0 Å². The zero-order valence-corrected chi connectivity index (χ0v) is 11.9. The molecule has 2 unspecified atom stereocenters. The van der Waals surface area contributed by atoms with Gasteiger partial charge < -0.3 is 20.4 Å². The molecule has 0 saturated carbocycles. The summed E-state index contributed by atoms with van der Waals surface area (Å²) in [5, 5.41) is 36.4. The molecule has 19 heavy (non-hydrogen) atoms. The van der Waals surface area contributed by atoms with E-state index in [1.165, 1.54) is 0 Å². The maximum atomic E-state index is 9.89. The second-order valence-electron chi connectivity index (χ2n) is 5.18. The molecule has 0 fully saturated rings. The molecule has 0 saturated heterocycles. The largest absolute Gasteiger partial charge is 0.396 e. The molecule has 0 aliphatic carbocycles. The molecule has 2 atom stereocenters. The summed E-state index contributed by atoms with van der Waals surface area (Å²) < 4.78 is 0. The third-order valence-electron chi connectivity index (χ3n) is 3.35. The molecular weight excluding hydrogens is 244 g/mol. The molecule has 4 nitrogen and oxygen atoms in total. The Balaban J connectivity index is 3.48. The van der Waals surface area contributed by atoms with Crippen molar-refractivity contribution < 1.29 is 20.4 Å². The first-order valence-electron chi connectivity index (χ1n) is 7.37. The standard InChI is InChI=1S/C15H30O4/c1-13(8-5-6-9-14(18)12-17)15(19)10-4-2-3-7-11-16/h14-19H,1-12H2. The van der Waals surface area contributed by atoms with Crippen LogP contribution in [0.3, 0.4) is 0 Å². The van der Waals surface area contributed by atoms with E-state index in [4.69, 9.17) is 10.2 Å². The SMILES string of the molecule is C=C(CCCCC(O)CO)C(O)CCCCCCO. The lowest BCUT2D eigenvalue weighted by Gasteiger charge is -2.14. The van der Waals surface area contributed by atoms with Gasteiger partial charge in [-0.25, -0.2) is 0 Å². The topological polar surface area (TPSA) is 80.9 Å². The smallest absolute Gasteiger partial charge is 0.0770 e. The number of hydrogen-bond donors (Lipinski definition) is 4. The summed E-state index contributed by atoms with van der Waals surface area (Å²) in [6.45, 7) is 3.97. The van der Waals surface area contributed by atoms with Crippen molar-refractivity contribution in [3.05, 3.63) is 12.2 Å².